The number of hydrogen-bond acceptors (Lipinski definition) is 12. The third-order valence-corrected chi connectivity index (χ3v) is 17.8. The second-order valence-corrected chi connectivity index (χ2v) is 25.0. The van der Waals surface area contributed by atoms with E-state index in [1.165, 1.54) is 12.7 Å². The van der Waals surface area contributed by atoms with Gasteiger partial charge in [-0.1, -0.05) is 147 Å². The van der Waals surface area contributed by atoms with Crippen LogP contribution in [0.25, 0.3) is 22.0 Å². The van der Waals surface area contributed by atoms with Gasteiger partial charge in [0.2, 0.25) is 17.6 Å². The van der Waals surface area contributed by atoms with E-state index in [1.807, 2.05) is 93.8 Å². The molecular formula is C76H80N10O8. The Morgan fingerprint density at radius 3 is 2.17 bits per heavy atom. The number of anilines is 1. The fourth-order valence-electron chi connectivity index (χ4n) is 12.6. The van der Waals surface area contributed by atoms with Crippen molar-refractivity contribution in [1.82, 2.24) is 34.2 Å². The summed E-state index contributed by atoms with van der Waals surface area (Å²) in [5, 5.41) is 10.5. The van der Waals surface area contributed by atoms with Crippen LogP contribution in [0.1, 0.15) is 117 Å². The molecule has 5 heterocycles. The van der Waals surface area contributed by atoms with Crippen LogP contribution in [0.4, 0.5) is 11.5 Å². The average Bonchev–Trinajstić information content (AvgIpc) is 1.71. The molecule has 3 atom stereocenters. The molecule has 11 rings (SSSR count). The quantitative estimate of drug-likeness (QED) is 0.0164. The van der Waals surface area contributed by atoms with E-state index in [0.29, 0.717) is 72.7 Å². The summed E-state index contributed by atoms with van der Waals surface area (Å²) >= 11 is 0. The molecule has 94 heavy (non-hydrogen) atoms. The molecule has 0 spiro atoms. The molecule has 2 aliphatic heterocycles. The number of hydrogen-bond donors (Lipinski definition) is 4. The Hall–Kier alpha value is -10.3. The number of aliphatic imine (C=N–C) groups is 1. The van der Waals surface area contributed by atoms with Gasteiger partial charge in [0.1, 0.15) is 5.69 Å². The van der Waals surface area contributed by atoms with Crippen LogP contribution in [0.5, 0.6) is 11.5 Å². The van der Waals surface area contributed by atoms with Gasteiger partial charge in [0.05, 0.1) is 54.1 Å². The first-order chi connectivity index (χ1) is 45.4. The van der Waals surface area contributed by atoms with E-state index in [2.05, 4.69) is 112 Å². The first-order valence-corrected chi connectivity index (χ1v) is 32.0. The Labute approximate surface area is 547 Å². The molecule has 1 fully saturated rings. The number of carbonyl (C=O) groups excluding carboxylic acids is 6. The molecule has 5 N–H and O–H groups in total. The molecule has 3 amide bonds. The average molecular weight is 1260 g/mol. The summed E-state index contributed by atoms with van der Waals surface area (Å²) < 4.78 is 16.6. The van der Waals surface area contributed by atoms with Crippen LogP contribution >= 0.6 is 0 Å². The predicted molar refractivity (Wildman–Crippen MR) is 366 cm³/mol. The molecule has 6 aromatic carbocycles. The fraction of sp³-hybridized carbons (Fsp3) is 0.289. The maximum Gasteiger partial charge on any atom is 0.278 e. The van der Waals surface area contributed by atoms with Crippen molar-refractivity contribution in [3.63, 3.8) is 0 Å². The highest BCUT2D eigenvalue weighted by Crippen LogP contribution is 2.40. The number of benzene rings is 6. The zero-order valence-electron chi connectivity index (χ0n) is 54.1. The molecule has 0 bridgehead atoms. The lowest BCUT2D eigenvalue weighted by Crippen LogP contribution is -2.50. The maximum atomic E-state index is 14.3. The smallest absolute Gasteiger partial charge is 0.278 e. The van der Waals surface area contributed by atoms with Crippen LogP contribution in [0.2, 0.25) is 0 Å². The fourth-order valence-corrected chi connectivity index (χ4v) is 12.6. The van der Waals surface area contributed by atoms with E-state index >= 15 is 0 Å². The topological polar surface area (TPSA) is 226 Å². The first kappa shape index (κ1) is 65.2. The summed E-state index contributed by atoms with van der Waals surface area (Å²) in [6.45, 7) is 11.2. The molecule has 0 unspecified atom stereocenters. The molecule has 482 valence electrons. The number of nitrogens with one attached hydrogen (secondary N) is 3. The summed E-state index contributed by atoms with van der Waals surface area (Å²) in [5.41, 5.74) is 16.4. The van der Waals surface area contributed by atoms with E-state index in [9.17, 15) is 28.8 Å². The van der Waals surface area contributed by atoms with Gasteiger partial charge in [0.15, 0.2) is 28.9 Å². The molecule has 0 radical (unpaired) electrons. The highest BCUT2D eigenvalue weighted by atomic mass is 16.5. The number of nitrogens with zero attached hydrogens (tertiary/aromatic N) is 6. The Morgan fingerprint density at radius 1 is 0.766 bits per heavy atom. The molecule has 0 saturated carbocycles. The number of ketones is 2. The van der Waals surface area contributed by atoms with Gasteiger partial charge in [-0.2, -0.15) is 0 Å². The van der Waals surface area contributed by atoms with Gasteiger partial charge in [0, 0.05) is 81.7 Å². The van der Waals surface area contributed by atoms with Crippen LogP contribution in [-0.2, 0) is 46.9 Å². The number of aromatic nitrogens is 4. The van der Waals surface area contributed by atoms with E-state index < -0.39 is 17.6 Å². The lowest BCUT2D eigenvalue weighted by atomic mass is 9.76. The number of aryl methyl sites for hydroxylation is 3. The third-order valence-electron chi connectivity index (χ3n) is 17.8. The number of rotatable bonds is 27. The Morgan fingerprint density at radius 2 is 1.47 bits per heavy atom. The molecule has 3 aromatic heterocycles. The summed E-state index contributed by atoms with van der Waals surface area (Å²) in [5.74, 6) is -0.281. The van der Waals surface area contributed by atoms with Crippen LogP contribution in [0.15, 0.2) is 187 Å². The number of fused-ring (bicyclic) bond motifs is 3. The predicted octanol–water partition coefficient (Wildman–Crippen LogP) is 11.4. The minimum absolute atomic E-state index is 0.0648. The highest BCUT2D eigenvalue weighted by molar-refractivity contribution is 6.05. The van der Waals surface area contributed by atoms with E-state index in [0.717, 1.165) is 56.3 Å². The second kappa shape index (κ2) is 28.7. The van der Waals surface area contributed by atoms with Crippen molar-refractivity contribution in [1.29, 1.82) is 0 Å². The number of ether oxygens (including phenoxy) is 2. The summed E-state index contributed by atoms with van der Waals surface area (Å²) in [4.78, 5) is 93.0. The summed E-state index contributed by atoms with van der Waals surface area (Å²) in [7, 11) is 5.03. The minimum atomic E-state index is -0.773. The number of unbranched alkanes of at least 4 members (excludes halogenated alkanes) is 1. The lowest BCUT2D eigenvalue weighted by molar-refractivity contribution is -0.129. The van der Waals surface area contributed by atoms with Crippen molar-refractivity contribution < 1.29 is 38.2 Å². The summed E-state index contributed by atoms with van der Waals surface area (Å²) in [6.07, 6.45) is 10.1. The third kappa shape index (κ3) is 14.3. The molecular weight excluding hydrogens is 1180 g/mol. The van der Waals surface area contributed by atoms with Crippen LogP contribution in [-0.4, -0.2) is 110 Å². The van der Waals surface area contributed by atoms with Crippen LogP contribution < -0.4 is 31.2 Å². The van der Waals surface area contributed by atoms with Crippen LogP contribution in [0, 0.1) is 12.8 Å². The van der Waals surface area contributed by atoms with Crippen molar-refractivity contribution in [2.24, 2.45) is 30.7 Å². The minimum Gasteiger partial charge on any atom is -0.493 e. The van der Waals surface area contributed by atoms with Gasteiger partial charge >= 0.3 is 0 Å². The van der Waals surface area contributed by atoms with E-state index in [1.54, 1.807) is 56.4 Å². The first-order valence-electron chi connectivity index (χ1n) is 32.0. The highest BCUT2D eigenvalue weighted by Gasteiger charge is 2.37. The number of Topliss-reactive ketones (excluding diaryl/α,β-unsaturated/α-hetero) is 2. The van der Waals surface area contributed by atoms with Gasteiger partial charge in [-0.25, -0.2) is 4.98 Å². The van der Waals surface area contributed by atoms with Gasteiger partial charge in [0.25, 0.3) is 11.8 Å². The molecule has 2 aliphatic rings. The van der Waals surface area contributed by atoms with Crippen molar-refractivity contribution >= 4 is 63.8 Å². The second-order valence-electron chi connectivity index (χ2n) is 25.0. The maximum absolute atomic E-state index is 14.3. The SMILES string of the molecule is C=C1C[C@H]2C=Nc3cc(OCCCC(=O)Nc4cn(C)c(C(=O)Cc5ccc(-c6cc(C(=O)n7ccc8cc(CC(=O)[C@H](CCCCNC(c9ccccc9)(c9ccccc9)c9ccc(C)cc9)NC(=O)[C@@H](N)C(C)C)ccc87)n(C)c6)cc5)n4)c(OC)cc3C(=O)N2C1. The largest absolute Gasteiger partial charge is 0.493 e. The zero-order valence-corrected chi connectivity index (χ0v) is 54.1. The Bertz CT molecular complexity index is 4280. The van der Waals surface area contributed by atoms with Crippen molar-refractivity contribution in [2.45, 2.75) is 95.8 Å². The molecule has 1 saturated heterocycles. The van der Waals surface area contributed by atoms with Crippen molar-refractivity contribution in [2.75, 3.05) is 32.1 Å². The number of imidazole rings is 1. The van der Waals surface area contributed by atoms with Crippen LogP contribution in [0.3, 0.4) is 0 Å². The molecule has 0 aliphatic carbocycles. The molecule has 18 nitrogen and oxygen atoms in total. The molecule has 18 heteroatoms. The van der Waals surface area contributed by atoms with Gasteiger partial charge < -0.3 is 39.9 Å². The van der Waals surface area contributed by atoms with Crippen molar-refractivity contribution in [3.8, 4) is 22.6 Å². The number of carbonyl (C=O) groups is 6. The zero-order chi connectivity index (χ0) is 66.2. The van der Waals surface area contributed by atoms with Gasteiger partial charge in [-0.3, -0.25) is 43.6 Å². The number of amides is 3. The number of methoxy groups -OCH3 is 1. The Kier molecular flexibility index (Phi) is 19.9. The summed E-state index contributed by atoms with van der Waals surface area (Å²) in [6, 6.07) is 48.1. The number of nitrogens with two attached hydrogens (primary N) is 1. The lowest BCUT2D eigenvalue weighted by Gasteiger charge is -2.37. The molecule has 9 aromatic rings. The van der Waals surface area contributed by atoms with Crippen molar-refractivity contribution in [3.05, 3.63) is 233 Å². The normalized spacial score (nSPS) is 14.3. The van der Waals surface area contributed by atoms with Gasteiger partial charge in [-0.15, -0.1) is 0 Å². The standard InChI is InChI=1S/C76H80N10O8/c1-48(2)71(77)73(90)80-61(21-14-15-34-79-76(56-17-10-8-11-18-56,57-19-12-9-13-20-57)58-30-23-49(3)24-31-58)65(87)40-52-27-32-63-54(38-52)33-35-85(63)75(92)64-41-55(46-83(64)5)53-28-25-51(26-29-53)39-66(88)72-82-69(47-84(72)6)81-70(89)22-16-36-94-68-43-62-60(42-67(68)93-7)74(91)86-45-50(4)37-59(86)44-78-62/h8-13,17-20,23-33,35,38,41-44,46-48,59,61,71,79H,4,14-16,21-22,34,36-37,39-40,45,77H2,1-3,5-7H3,(H,80,90)(H,81,89)/t59-,61-,71-/m0/s1. The Balaban J connectivity index is 0.680. The van der Waals surface area contributed by atoms with E-state index in [4.69, 9.17) is 15.2 Å². The monoisotopic (exact) mass is 1260 g/mol. The van der Waals surface area contributed by atoms with E-state index in [-0.39, 0.29) is 84.7 Å². The van der Waals surface area contributed by atoms with Gasteiger partial charge in [-0.05, 0) is 115 Å².